The highest BCUT2D eigenvalue weighted by Crippen LogP contribution is 2.13. The molecule has 13 heavy (non-hydrogen) atoms. The van der Waals surface area contributed by atoms with E-state index < -0.39 is 0 Å². The SMILES string of the molecule is CNCCC(C)N1CC=C(C)CC1. The Morgan fingerprint density at radius 2 is 2.38 bits per heavy atom. The van der Waals surface area contributed by atoms with Crippen LogP contribution in [0.5, 0.6) is 0 Å². The molecule has 0 spiro atoms. The van der Waals surface area contributed by atoms with Crippen LogP contribution in [0.25, 0.3) is 0 Å². The van der Waals surface area contributed by atoms with Crippen molar-refractivity contribution in [3.05, 3.63) is 11.6 Å². The summed E-state index contributed by atoms with van der Waals surface area (Å²) < 4.78 is 0. The molecular weight excluding hydrogens is 160 g/mol. The van der Waals surface area contributed by atoms with Crippen molar-refractivity contribution in [3.63, 3.8) is 0 Å². The first-order valence-corrected chi connectivity index (χ1v) is 5.28. The summed E-state index contributed by atoms with van der Waals surface area (Å²) in [6.07, 6.45) is 4.87. The van der Waals surface area contributed by atoms with Gasteiger partial charge in [-0.25, -0.2) is 0 Å². The summed E-state index contributed by atoms with van der Waals surface area (Å²) in [4.78, 5) is 2.56. The molecule has 1 aliphatic heterocycles. The van der Waals surface area contributed by atoms with Gasteiger partial charge in [0.15, 0.2) is 0 Å². The van der Waals surface area contributed by atoms with Crippen LogP contribution in [0, 0.1) is 0 Å². The Morgan fingerprint density at radius 3 is 2.92 bits per heavy atom. The van der Waals surface area contributed by atoms with Gasteiger partial charge in [0, 0.05) is 19.1 Å². The van der Waals surface area contributed by atoms with E-state index in [9.17, 15) is 0 Å². The first-order chi connectivity index (χ1) is 6.24. The molecule has 0 aliphatic carbocycles. The average molecular weight is 182 g/mol. The lowest BCUT2D eigenvalue weighted by molar-refractivity contribution is 0.214. The van der Waals surface area contributed by atoms with E-state index in [1.807, 2.05) is 7.05 Å². The molecule has 0 saturated heterocycles. The van der Waals surface area contributed by atoms with Gasteiger partial charge < -0.3 is 5.32 Å². The van der Waals surface area contributed by atoms with Crippen molar-refractivity contribution in [2.75, 3.05) is 26.7 Å². The molecule has 0 bridgehead atoms. The molecule has 0 aromatic heterocycles. The van der Waals surface area contributed by atoms with Crippen molar-refractivity contribution >= 4 is 0 Å². The van der Waals surface area contributed by atoms with Crippen LogP contribution in [-0.2, 0) is 0 Å². The number of hydrogen-bond donors (Lipinski definition) is 1. The lowest BCUT2D eigenvalue weighted by Gasteiger charge is -2.31. The Balaban J connectivity index is 2.28. The monoisotopic (exact) mass is 182 g/mol. The summed E-state index contributed by atoms with van der Waals surface area (Å²) >= 11 is 0. The van der Waals surface area contributed by atoms with Crippen LogP contribution in [0.2, 0.25) is 0 Å². The first kappa shape index (κ1) is 10.7. The molecule has 76 valence electrons. The van der Waals surface area contributed by atoms with E-state index in [0.717, 1.165) is 19.1 Å². The third-order valence-electron chi connectivity index (χ3n) is 2.90. The van der Waals surface area contributed by atoms with Gasteiger partial charge in [-0.3, -0.25) is 4.90 Å². The molecule has 1 heterocycles. The Labute approximate surface area is 82.0 Å². The number of nitrogens with one attached hydrogen (secondary N) is 1. The zero-order valence-corrected chi connectivity index (χ0v) is 9.14. The van der Waals surface area contributed by atoms with Crippen LogP contribution in [0.1, 0.15) is 26.7 Å². The van der Waals surface area contributed by atoms with Crippen LogP contribution < -0.4 is 5.32 Å². The highest BCUT2D eigenvalue weighted by atomic mass is 15.1. The summed E-state index contributed by atoms with van der Waals surface area (Å²) in [5.41, 5.74) is 1.55. The molecule has 1 aliphatic rings. The molecule has 0 fully saturated rings. The van der Waals surface area contributed by atoms with Gasteiger partial charge in [0.25, 0.3) is 0 Å². The Kier molecular flexibility index (Phi) is 4.46. The quantitative estimate of drug-likeness (QED) is 0.665. The Morgan fingerprint density at radius 1 is 1.62 bits per heavy atom. The van der Waals surface area contributed by atoms with E-state index in [4.69, 9.17) is 0 Å². The van der Waals surface area contributed by atoms with E-state index in [2.05, 4.69) is 30.1 Å². The molecule has 2 nitrogen and oxygen atoms in total. The van der Waals surface area contributed by atoms with Gasteiger partial charge >= 0.3 is 0 Å². The van der Waals surface area contributed by atoms with Crippen LogP contribution >= 0.6 is 0 Å². The van der Waals surface area contributed by atoms with Gasteiger partial charge in [-0.05, 0) is 40.3 Å². The molecule has 1 atom stereocenters. The molecule has 2 heteroatoms. The third-order valence-corrected chi connectivity index (χ3v) is 2.90. The maximum absolute atomic E-state index is 3.20. The van der Waals surface area contributed by atoms with Crippen LogP contribution in [0.3, 0.4) is 0 Å². The van der Waals surface area contributed by atoms with Crippen molar-refractivity contribution in [1.82, 2.24) is 10.2 Å². The van der Waals surface area contributed by atoms with Gasteiger partial charge in [0.05, 0.1) is 0 Å². The fraction of sp³-hybridized carbons (Fsp3) is 0.818. The molecule has 0 aromatic carbocycles. The van der Waals surface area contributed by atoms with Gasteiger partial charge in [0.2, 0.25) is 0 Å². The minimum absolute atomic E-state index is 0.719. The number of rotatable bonds is 4. The first-order valence-electron chi connectivity index (χ1n) is 5.28. The highest BCUT2D eigenvalue weighted by molar-refractivity contribution is 5.04. The predicted octanol–water partition coefficient (Wildman–Crippen LogP) is 1.64. The average Bonchev–Trinajstić information content (AvgIpc) is 2.15. The minimum atomic E-state index is 0.719. The second-order valence-electron chi connectivity index (χ2n) is 4.04. The standard InChI is InChI=1S/C11H22N2/c1-10-5-8-13(9-6-10)11(2)4-7-12-3/h5,11-12H,4,6-9H2,1-3H3. The highest BCUT2D eigenvalue weighted by Gasteiger charge is 2.14. The van der Waals surface area contributed by atoms with Gasteiger partial charge in [-0.2, -0.15) is 0 Å². The van der Waals surface area contributed by atoms with E-state index in [1.165, 1.54) is 19.4 Å². The van der Waals surface area contributed by atoms with Crippen molar-refractivity contribution in [3.8, 4) is 0 Å². The summed E-state index contributed by atoms with van der Waals surface area (Å²) in [6.45, 7) is 8.08. The van der Waals surface area contributed by atoms with E-state index >= 15 is 0 Å². The summed E-state index contributed by atoms with van der Waals surface area (Å²) in [6, 6.07) is 0.719. The zero-order chi connectivity index (χ0) is 9.68. The minimum Gasteiger partial charge on any atom is -0.320 e. The summed E-state index contributed by atoms with van der Waals surface area (Å²) in [7, 11) is 2.02. The van der Waals surface area contributed by atoms with Gasteiger partial charge in [0.1, 0.15) is 0 Å². The summed E-state index contributed by atoms with van der Waals surface area (Å²) in [5, 5.41) is 3.20. The molecule has 1 rings (SSSR count). The Bertz CT molecular complexity index is 175. The molecule has 0 radical (unpaired) electrons. The van der Waals surface area contributed by atoms with E-state index in [-0.39, 0.29) is 0 Å². The van der Waals surface area contributed by atoms with E-state index in [0.29, 0.717) is 0 Å². The number of hydrogen-bond acceptors (Lipinski definition) is 2. The third kappa shape index (κ3) is 3.49. The maximum atomic E-state index is 3.20. The van der Waals surface area contributed by atoms with Gasteiger partial charge in [-0.15, -0.1) is 0 Å². The topological polar surface area (TPSA) is 15.3 Å². The van der Waals surface area contributed by atoms with Crippen molar-refractivity contribution in [2.24, 2.45) is 0 Å². The molecule has 0 saturated carbocycles. The molecule has 1 unspecified atom stereocenters. The van der Waals surface area contributed by atoms with E-state index in [1.54, 1.807) is 5.57 Å². The molecule has 1 N–H and O–H groups in total. The maximum Gasteiger partial charge on any atom is 0.0168 e. The van der Waals surface area contributed by atoms with Crippen molar-refractivity contribution in [1.29, 1.82) is 0 Å². The predicted molar refractivity (Wildman–Crippen MR) is 58.0 cm³/mol. The van der Waals surface area contributed by atoms with Crippen LogP contribution in [0.4, 0.5) is 0 Å². The fourth-order valence-electron chi connectivity index (χ4n) is 1.72. The second-order valence-corrected chi connectivity index (χ2v) is 4.04. The van der Waals surface area contributed by atoms with Crippen LogP contribution in [0.15, 0.2) is 11.6 Å². The molecular formula is C11H22N2. The molecule has 0 aromatic rings. The second kappa shape index (κ2) is 5.40. The van der Waals surface area contributed by atoms with Gasteiger partial charge in [-0.1, -0.05) is 11.6 Å². The smallest absolute Gasteiger partial charge is 0.0168 e. The lowest BCUT2D eigenvalue weighted by atomic mass is 10.1. The largest absolute Gasteiger partial charge is 0.320 e. The molecule has 0 amide bonds. The zero-order valence-electron chi connectivity index (χ0n) is 9.14. The summed E-state index contributed by atoms with van der Waals surface area (Å²) in [5.74, 6) is 0. The number of nitrogens with zero attached hydrogens (tertiary/aromatic N) is 1. The normalized spacial score (nSPS) is 21.3. The van der Waals surface area contributed by atoms with Crippen molar-refractivity contribution < 1.29 is 0 Å². The van der Waals surface area contributed by atoms with Crippen LogP contribution in [-0.4, -0.2) is 37.6 Å². The Hall–Kier alpha value is -0.340. The fourth-order valence-corrected chi connectivity index (χ4v) is 1.72. The lowest BCUT2D eigenvalue weighted by Crippen LogP contribution is -2.37. The van der Waals surface area contributed by atoms with Crippen molar-refractivity contribution in [2.45, 2.75) is 32.7 Å².